The summed E-state index contributed by atoms with van der Waals surface area (Å²) in [6.45, 7) is 8.14. The van der Waals surface area contributed by atoms with Gasteiger partial charge in [0.15, 0.2) is 0 Å². The van der Waals surface area contributed by atoms with Gasteiger partial charge in [0.25, 0.3) is 5.91 Å². The largest absolute Gasteiger partial charge is 0.478 e. The van der Waals surface area contributed by atoms with Crippen LogP contribution in [0.15, 0.2) is 12.2 Å². The van der Waals surface area contributed by atoms with Gasteiger partial charge in [0.2, 0.25) is 0 Å². The highest BCUT2D eigenvalue weighted by Crippen LogP contribution is 2.27. The average Bonchev–Trinajstić information content (AvgIpc) is 2.21. The molecule has 0 aromatic heterocycles. The van der Waals surface area contributed by atoms with E-state index in [0.717, 1.165) is 6.08 Å². The molecule has 7 heteroatoms. The Morgan fingerprint density at radius 1 is 1.10 bits per heavy atom. The molecule has 1 aliphatic rings. The van der Waals surface area contributed by atoms with E-state index in [0.29, 0.717) is 19.2 Å². The van der Waals surface area contributed by atoms with E-state index in [1.54, 1.807) is 0 Å². The molecular formula is C13H20N2O5. The Morgan fingerprint density at radius 2 is 1.60 bits per heavy atom. The molecule has 7 nitrogen and oxygen atoms in total. The van der Waals surface area contributed by atoms with Crippen molar-refractivity contribution in [1.29, 1.82) is 0 Å². The van der Waals surface area contributed by atoms with Crippen LogP contribution in [-0.4, -0.2) is 52.2 Å². The van der Waals surface area contributed by atoms with Crippen molar-refractivity contribution in [3.8, 4) is 0 Å². The first-order chi connectivity index (χ1) is 9.01. The summed E-state index contributed by atoms with van der Waals surface area (Å²) in [6, 6.07) is -0.561. The zero-order valence-electron chi connectivity index (χ0n) is 12.1. The number of carbonyl (C=O) groups is 3. The number of rotatable bonds is 2. The van der Waals surface area contributed by atoms with Gasteiger partial charge in [0, 0.05) is 12.2 Å². The lowest BCUT2D eigenvalue weighted by atomic mass is 9.99. The third-order valence-electron chi connectivity index (χ3n) is 2.59. The first-order valence-electron chi connectivity index (χ1n) is 6.22. The van der Waals surface area contributed by atoms with Crippen LogP contribution >= 0.6 is 0 Å². The molecule has 2 N–H and O–H groups in total. The van der Waals surface area contributed by atoms with Crippen molar-refractivity contribution in [3.63, 3.8) is 0 Å². The summed E-state index contributed by atoms with van der Waals surface area (Å²) in [6.07, 6.45) is 1.48. The highest BCUT2D eigenvalue weighted by molar-refractivity contribution is 6.02. The SMILES string of the molecule is CC1(C)CN(C(=O)NC(=O)/C=C/C(=O)O)CC(C)(C)O1. The summed E-state index contributed by atoms with van der Waals surface area (Å²) >= 11 is 0. The Balaban J connectivity index is 2.67. The van der Waals surface area contributed by atoms with Crippen LogP contribution in [0.3, 0.4) is 0 Å². The molecule has 1 rings (SSSR count). The summed E-state index contributed by atoms with van der Waals surface area (Å²) in [4.78, 5) is 35.1. The topological polar surface area (TPSA) is 95.9 Å². The molecule has 1 heterocycles. The van der Waals surface area contributed by atoms with Crippen LogP contribution in [0, 0.1) is 0 Å². The number of morpholine rings is 1. The number of aliphatic carboxylic acids is 1. The fourth-order valence-electron chi connectivity index (χ4n) is 2.30. The molecule has 1 aliphatic heterocycles. The van der Waals surface area contributed by atoms with E-state index >= 15 is 0 Å². The third-order valence-corrected chi connectivity index (χ3v) is 2.59. The molecule has 112 valence electrons. The van der Waals surface area contributed by atoms with Crippen molar-refractivity contribution in [2.45, 2.75) is 38.9 Å². The average molecular weight is 284 g/mol. The number of imide groups is 1. The molecule has 0 spiro atoms. The molecular weight excluding hydrogens is 264 g/mol. The molecule has 20 heavy (non-hydrogen) atoms. The van der Waals surface area contributed by atoms with Crippen LogP contribution in [-0.2, 0) is 14.3 Å². The highest BCUT2D eigenvalue weighted by Gasteiger charge is 2.40. The zero-order valence-corrected chi connectivity index (χ0v) is 12.1. The van der Waals surface area contributed by atoms with Gasteiger partial charge in [-0.2, -0.15) is 0 Å². The number of nitrogens with zero attached hydrogens (tertiary/aromatic N) is 1. The minimum absolute atomic E-state index is 0.345. The summed E-state index contributed by atoms with van der Waals surface area (Å²) in [7, 11) is 0. The van der Waals surface area contributed by atoms with Gasteiger partial charge >= 0.3 is 12.0 Å². The zero-order chi connectivity index (χ0) is 15.6. The van der Waals surface area contributed by atoms with Crippen LogP contribution in [0.25, 0.3) is 0 Å². The lowest BCUT2D eigenvalue weighted by Crippen LogP contribution is -2.60. The second kappa shape index (κ2) is 5.62. The van der Waals surface area contributed by atoms with Gasteiger partial charge < -0.3 is 14.7 Å². The summed E-state index contributed by atoms with van der Waals surface area (Å²) in [5, 5.41) is 10.5. The van der Waals surface area contributed by atoms with Gasteiger partial charge in [-0.05, 0) is 27.7 Å². The number of carboxylic acid groups (broad SMARTS) is 1. The number of carboxylic acids is 1. The lowest BCUT2D eigenvalue weighted by Gasteiger charge is -2.46. The first-order valence-corrected chi connectivity index (χ1v) is 6.22. The molecule has 0 unspecified atom stereocenters. The van der Waals surface area contributed by atoms with Gasteiger partial charge in [-0.1, -0.05) is 0 Å². The number of hydrogen-bond acceptors (Lipinski definition) is 4. The molecule has 0 aliphatic carbocycles. The van der Waals surface area contributed by atoms with Crippen LogP contribution in [0.5, 0.6) is 0 Å². The van der Waals surface area contributed by atoms with Crippen molar-refractivity contribution in [1.82, 2.24) is 10.2 Å². The Morgan fingerprint density at radius 3 is 2.05 bits per heavy atom. The van der Waals surface area contributed by atoms with E-state index in [1.165, 1.54) is 4.90 Å². The first kappa shape index (κ1) is 16.2. The Hall–Kier alpha value is -1.89. The summed E-state index contributed by atoms with van der Waals surface area (Å²) in [5.41, 5.74) is -1.03. The molecule has 0 saturated carbocycles. The fraction of sp³-hybridized carbons (Fsp3) is 0.615. The molecule has 0 bridgehead atoms. The maximum Gasteiger partial charge on any atom is 0.328 e. The maximum absolute atomic E-state index is 12.0. The van der Waals surface area contributed by atoms with Gasteiger partial charge in [-0.25, -0.2) is 9.59 Å². The summed E-state index contributed by atoms with van der Waals surface area (Å²) < 4.78 is 5.83. The van der Waals surface area contributed by atoms with Crippen molar-refractivity contribution in [2.75, 3.05) is 13.1 Å². The number of hydrogen-bond donors (Lipinski definition) is 2. The molecule has 1 fully saturated rings. The smallest absolute Gasteiger partial charge is 0.328 e. The van der Waals surface area contributed by atoms with Gasteiger partial charge in [0.05, 0.1) is 24.3 Å². The van der Waals surface area contributed by atoms with Crippen molar-refractivity contribution in [3.05, 3.63) is 12.2 Å². The standard InChI is InChI=1S/C13H20N2O5/c1-12(2)7-15(8-13(3,4)20-12)11(19)14-9(16)5-6-10(17)18/h5-6H,7-8H2,1-4H3,(H,17,18)(H,14,16,19)/b6-5+. The molecule has 0 radical (unpaired) electrons. The predicted molar refractivity (Wildman–Crippen MR) is 71.1 cm³/mol. The molecule has 0 aromatic carbocycles. The number of amides is 3. The van der Waals surface area contributed by atoms with Gasteiger partial charge in [0.1, 0.15) is 0 Å². The Bertz CT molecular complexity index is 438. The highest BCUT2D eigenvalue weighted by atomic mass is 16.5. The minimum atomic E-state index is -1.25. The van der Waals surface area contributed by atoms with E-state index < -0.39 is 29.1 Å². The monoisotopic (exact) mass is 284 g/mol. The van der Waals surface area contributed by atoms with Crippen LogP contribution in [0.4, 0.5) is 4.79 Å². The Labute approximate surface area is 117 Å². The van der Waals surface area contributed by atoms with E-state index in [9.17, 15) is 14.4 Å². The van der Waals surface area contributed by atoms with Gasteiger partial charge in [-0.3, -0.25) is 10.1 Å². The number of urea groups is 1. The number of nitrogens with one attached hydrogen (secondary N) is 1. The lowest BCUT2D eigenvalue weighted by molar-refractivity contribution is -0.170. The van der Waals surface area contributed by atoms with Crippen LogP contribution < -0.4 is 5.32 Å². The van der Waals surface area contributed by atoms with Crippen LogP contribution in [0.1, 0.15) is 27.7 Å². The minimum Gasteiger partial charge on any atom is -0.478 e. The van der Waals surface area contributed by atoms with E-state index in [1.807, 2.05) is 27.7 Å². The van der Waals surface area contributed by atoms with E-state index in [-0.39, 0.29) is 0 Å². The van der Waals surface area contributed by atoms with Crippen molar-refractivity contribution >= 4 is 17.9 Å². The second-order valence-electron chi connectivity index (χ2n) is 5.94. The molecule has 0 atom stereocenters. The quantitative estimate of drug-likeness (QED) is 0.730. The van der Waals surface area contributed by atoms with Crippen molar-refractivity contribution < 1.29 is 24.2 Å². The summed E-state index contributed by atoms with van der Waals surface area (Å²) in [5.74, 6) is -2.01. The third kappa shape index (κ3) is 5.00. The fourth-order valence-corrected chi connectivity index (χ4v) is 2.30. The number of ether oxygens (including phenoxy) is 1. The molecule has 3 amide bonds. The van der Waals surface area contributed by atoms with E-state index in [2.05, 4.69) is 5.32 Å². The number of carbonyl (C=O) groups excluding carboxylic acids is 2. The van der Waals surface area contributed by atoms with Gasteiger partial charge in [-0.15, -0.1) is 0 Å². The predicted octanol–water partition coefficient (Wildman–Crippen LogP) is 0.753. The van der Waals surface area contributed by atoms with Crippen molar-refractivity contribution in [2.24, 2.45) is 0 Å². The maximum atomic E-state index is 12.0. The van der Waals surface area contributed by atoms with E-state index in [4.69, 9.17) is 9.84 Å². The Kier molecular flexibility index (Phi) is 4.54. The van der Waals surface area contributed by atoms with Crippen LogP contribution in [0.2, 0.25) is 0 Å². The molecule has 1 saturated heterocycles. The second-order valence-corrected chi connectivity index (χ2v) is 5.94. The normalized spacial score (nSPS) is 20.7. The molecule has 0 aromatic rings.